The highest BCUT2D eigenvalue weighted by molar-refractivity contribution is 7.19. The average molecular weight is 298 g/mol. The molecule has 0 aliphatic heterocycles. The maximum absolute atomic E-state index is 3.67. The van der Waals surface area contributed by atoms with Crippen LogP contribution in [-0.4, -0.2) is 12.6 Å². The number of rotatable bonds is 7. The monoisotopic (exact) mass is 297 g/mol. The Balaban J connectivity index is 0.00000180. The van der Waals surface area contributed by atoms with Crippen LogP contribution in [0.25, 0.3) is 10.1 Å². The van der Waals surface area contributed by atoms with Crippen LogP contribution in [0.5, 0.6) is 0 Å². The Kier molecular flexibility index (Phi) is 7.44. The molecule has 3 heteroatoms. The van der Waals surface area contributed by atoms with E-state index in [-0.39, 0.29) is 12.4 Å². The van der Waals surface area contributed by atoms with E-state index in [4.69, 9.17) is 0 Å². The molecule has 1 N–H and O–H groups in total. The lowest BCUT2D eigenvalue weighted by atomic mass is 10.1. The van der Waals surface area contributed by atoms with Gasteiger partial charge in [0.1, 0.15) is 0 Å². The largest absolute Gasteiger partial charge is 0.314 e. The van der Waals surface area contributed by atoms with E-state index in [1.54, 1.807) is 0 Å². The Labute approximate surface area is 126 Å². The van der Waals surface area contributed by atoms with Gasteiger partial charge in [-0.05, 0) is 43.3 Å². The molecular weight excluding hydrogens is 274 g/mol. The van der Waals surface area contributed by atoms with Crippen molar-refractivity contribution in [1.82, 2.24) is 5.32 Å². The molecule has 1 aromatic heterocycles. The third-order valence-electron chi connectivity index (χ3n) is 3.24. The fourth-order valence-corrected chi connectivity index (χ4v) is 3.50. The number of hydrogen-bond acceptors (Lipinski definition) is 2. The summed E-state index contributed by atoms with van der Waals surface area (Å²) >= 11 is 1.94. The highest BCUT2D eigenvalue weighted by atomic mass is 35.5. The van der Waals surface area contributed by atoms with Crippen molar-refractivity contribution >= 4 is 33.8 Å². The molecule has 0 amide bonds. The van der Waals surface area contributed by atoms with E-state index in [0.29, 0.717) is 6.04 Å². The van der Waals surface area contributed by atoms with E-state index in [1.165, 1.54) is 40.6 Å². The third kappa shape index (κ3) is 4.79. The zero-order valence-corrected chi connectivity index (χ0v) is 13.4. The van der Waals surface area contributed by atoms with Crippen LogP contribution >= 0.6 is 23.7 Å². The molecular formula is C16H24ClNS. The highest BCUT2D eigenvalue weighted by Crippen LogP contribution is 2.26. The fourth-order valence-electron chi connectivity index (χ4n) is 2.35. The van der Waals surface area contributed by atoms with Crippen LogP contribution in [0.15, 0.2) is 30.3 Å². The van der Waals surface area contributed by atoms with Crippen molar-refractivity contribution in [3.63, 3.8) is 0 Å². The Morgan fingerprint density at radius 3 is 2.63 bits per heavy atom. The highest BCUT2D eigenvalue weighted by Gasteiger charge is 2.10. The molecule has 2 aromatic rings. The summed E-state index contributed by atoms with van der Waals surface area (Å²) in [5.41, 5.74) is 0. The van der Waals surface area contributed by atoms with Gasteiger partial charge in [-0.25, -0.2) is 0 Å². The Morgan fingerprint density at radius 1 is 1.16 bits per heavy atom. The van der Waals surface area contributed by atoms with E-state index in [9.17, 15) is 0 Å². The minimum Gasteiger partial charge on any atom is -0.314 e. The molecule has 0 aliphatic rings. The molecule has 106 valence electrons. The second kappa shape index (κ2) is 8.57. The number of thiophene rings is 1. The minimum atomic E-state index is 0. The molecule has 1 nitrogen and oxygen atoms in total. The number of fused-ring (bicyclic) bond motifs is 1. The van der Waals surface area contributed by atoms with Gasteiger partial charge in [0.05, 0.1) is 0 Å². The maximum atomic E-state index is 3.67. The number of benzene rings is 1. The molecule has 0 radical (unpaired) electrons. The van der Waals surface area contributed by atoms with Crippen LogP contribution in [0.4, 0.5) is 0 Å². The van der Waals surface area contributed by atoms with E-state index in [2.05, 4.69) is 49.5 Å². The lowest BCUT2D eigenvalue weighted by Gasteiger charge is -2.16. The normalized spacial score (nSPS) is 12.3. The summed E-state index contributed by atoms with van der Waals surface area (Å²) in [7, 11) is 0. The van der Waals surface area contributed by atoms with Crippen molar-refractivity contribution in [2.75, 3.05) is 6.54 Å². The first-order valence-corrected chi connectivity index (χ1v) is 7.86. The van der Waals surface area contributed by atoms with Crippen LogP contribution in [0.3, 0.4) is 0 Å². The number of nitrogens with one attached hydrogen (secondary N) is 1. The molecule has 1 heterocycles. The van der Waals surface area contributed by atoms with Gasteiger partial charge in [-0.3, -0.25) is 0 Å². The minimum absolute atomic E-state index is 0. The van der Waals surface area contributed by atoms with Gasteiger partial charge in [-0.1, -0.05) is 38.5 Å². The maximum Gasteiger partial charge on any atom is 0.0345 e. The summed E-state index contributed by atoms with van der Waals surface area (Å²) in [4.78, 5) is 1.51. The first kappa shape index (κ1) is 16.5. The van der Waals surface area contributed by atoms with Gasteiger partial charge in [0.15, 0.2) is 0 Å². The average Bonchev–Trinajstić information content (AvgIpc) is 2.78. The van der Waals surface area contributed by atoms with Crippen molar-refractivity contribution in [2.45, 2.75) is 45.6 Å². The van der Waals surface area contributed by atoms with Gasteiger partial charge in [-0.2, -0.15) is 0 Å². The standard InChI is InChI=1S/C16H23NS.ClH/c1-3-7-14(17-10-4-2)12-15-11-13-8-5-6-9-16(13)18-15;/h5-6,8-9,11,14,17H,3-4,7,10,12H2,1-2H3;1H/t14-;/m1./s1. The molecule has 0 fully saturated rings. The van der Waals surface area contributed by atoms with Crippen LogP contribution in [0, 0.1) is 0 Å². The Bertz CT molecular complexity index is 447. The van der Waals surface area contributed by atoms with Crippen molar-refractivity contribution in [2.24, 2.45) is 0 Å². The Hall–Kier alpha value is -0.570. The lowest BCUT2D eigenvalue weighted by Crippen LogP contribution is -2.31. The molecule has 0 aliphatic carbocycles. The molecule has 0 spiro atoms. The van der Waals surface area contributed by atoms with Crippen molar-refractivity contribution in [3.05, 3.63) is 35.2 Å². The van der Waals surface area contributed by atoms with Gasteiger partial charge >= 0.3 is 0 Å². The van der Waals surface area contributed by atoms with Crippen LogP contribution in [0.2, 0.25) is 0 Å². The number of hydrogen-bond donors (Lipinski definition) is 1. The number of halogens is 1. The first-order valence-electron chi connectivity index (χ1n) is 7.04. The molecule has 0 saturated carbocycles. The second-order valence-electron chi connectivity index (χ2n) is 4.89. The van der Waals surface area contributed by atoms with Gasteiger partial charge < -0.3 is 5.32 Å². The topological polar surface area (TPSA) is 12.0 Å². The molecule has 1 atom stereocenters. The van der Waals surface area contributed by atoms with E-state index < -0.39 is 0 Å². The molecule has 19 heavy (non-hydrogen) atoms. The third-order valence-corrected chi connectivity index (χ3v) is 4.38. The van der Waals surface area contributed by atoms with Gasteiger partial charge in [0, 0.05) is 15.6 Å². The van der Waals surface area contributed by atoms with Crippen molar-refractivity contribution < 1.29 is 0 Å². The zero-order chi connectivity index (χ0) is 12.8. The first-order chi connectivity index (χ1) is 8.83. The smallest absolute Gasteiger partial charge is 0.0345 e. The predicted molar refractivity (Wildman–Crippen MR) is 89.8 cm³/mol. The summed E-state index contributed by atoms with van der Waals surface area (Å²) in [6, 6.07) is 11.7. The SMILES string of the molecule is CCCN[C@H](CCC)Cc1cc2ccccc2s1.Cl. The molecule has 1 aromatic carbocycles. The molecule has 0 saturated heterocycles. The van der Waals surface area contributed by atoms with Crippen LogP contribution < -0.4 is 5.32 Å². The van der Waals surface area contributed by atoms with Crippen molar-refractivity contribution in [3.8, 4) is 0 Å². The summed E-state index contributed by atoms with van der Waals surface area (Å²) in [6.07, 6.45) is 4.92. The summed E-state index contributed by atoms with van der Waals surface area (Å²) in [5.74, 6) is 0. The van der Waals surface area contributed by atoms with E-state index in [0.717, 1.165) is 6.54 Å². The van der Waals surface area contributed by atoms with Gasteiger partial charge in [0.25, 0.3) is 0 Å². The molecule has 0 bridgehead atoms. The Morgan fingerprint density at radius 2 is 1.95 bits per heavy atom. The van der Waals surface area contributed by atoms with E-state index >= 15 is 0 Å². The molecule has 0 unspecified atom stereocenters. The zero-order valence-electron chi connectivity index (χ0n) is 11.8. The summed E-state index contributed by atoms with van der Waals surface area (Å²) in [5, 5.41) is 5.06. The summed E-state index contributed by atoms with van der Waals surface area (Å²) in [6.45, 7) is 5.64. The second-order valence-corrected chi connectivity index (χ2v) is 6.06. The summed E-state index contributed by atoms with van der Waals surface area (Å²) < 4.78 is 1.42. The van der Waals surface area contributed by atoms with Gasteiger partial charge in [0.2, 0.25) is 0 Å². The fraction of sp³-hybridized carbons (Fsp3) is 0.500. The lowest BCUT2D eigenvalue weighted by molar-refractivity contribution is 0.475. The molecule has 2 rings (SSSR count). The van der Waals surface area contributed by atoms with Crippen LogP contribution in [-0.2, 0) is 6.42 Å². The van der Waals surface area contributed by atoms with Crippen LogP contribution in [0.1, 0.15) is 38.0 Å². The quantitative estimate of drug-likeness (QED) is 0.755. The predicted octanol–water partition coefficient (Wildman–Crippen LogP) is 5.03. The van der Waals surface area contributed by atoms with Gasteiger partial charge in [-0.15, -0.1) is 23.7 Å². The van der Waals surface area contributed by atoms with Crippen molar-refractivity contribution in [1.29, 1.82) is 0 Å². The van der Waals surface area contributed by atoms with E-state index in [1.807, 2.05) is 11.3 Å².